The van der Waals surface area contributed by atoms with Gasteiger partial charge in [-0.2, -0.15) is 0 Å². The maximum atomic E-state index is 14.2. The molecule has 182 valence electrons. The van der Waals surface area contributed by atoms with Gasteiger partial charge in [0.2, 0.25) is 0 Å². The number of carbonyl (C=O) groups is 1. The zero-order valence-electron chi connectivity index (χ0n) is 18.4. The van der Waals surface area contributed by atoms with Crippen molar-refractivity contribution in [2.45, 2.75) is 43.7 Å². The highest BCUT2D eigenvalue weighted by atomic mass is 19.1. The summed E-state index contributed by atoms with van der Waals surface area (Å²) in [5.74, 6) is -2.65. The van der Waals surface area contributed by atoms with Crippen molar-refractivity contribution >= 4 is 17.3 Å². The van der Waals surface area contributed by atoms with Crippen LogP contribution in [0.25, 0.3) is 11.4 Å². The fourth-order valence-corrected chi connectivity index (χ4v) is 4.30. The number of pyridine rings is 1. The molecule has 2 fully saturated rings. The summed E-state index contributed by atoms with van der Waals surface area (Å²) in [7, 11) is 0. The average Bonchev–Trinajstić information content (AvgIpc) is 3.67. The third kappa shape index (κ3) is 4.57. The highest BCUT2D eigenvalue weighted by Crippen LogP contribution is 2.44. The quantitative estimate of drug-likeness (QED) is 0.434. The predicted molar refractivity (Wildman–Crippen MR) is 121 cm³/mol. The Labute approximate surface area is 199 Å². The van der Waals surface area contributed by atoms with Gasteiger partial charge in [-0.25, -0.2) is 18.7 Å². The number of benzene rings is 1. The van der Waals surface area contributed by atoms with Crippen molar-refractivity contribution in [3.05, 3.63) is 65.7 Å². The van der Waals surface area contributed by atoms with Crippen molar-refractivity contribution in [3.63, 3.8) is 0 Å². The number of nitrogens with two attached hydrogens (primary N) is 1. The molecule has 1 amide bonds. The van der Waals surface area contributed by atoms with Crippen LogP contribution in [-0.2, 0) is 4.74 Å². The summed E-state index contributed by atoms with van der Waals surface area (Å²) in [6, 6.07) is 4.98. The Kier molecular flexibility index (Phi) is 6.13. The van der Waals surface area contributed by atoms with Crippen molar-refractivity contribution in [3.8, 4) is 11.4 Å². The van der Waals surface area contributed by atoms with E-state index < -0.39 is 47.5 Å². The molecule has 9 nitrogen and oxygen atoms in total. The molecule has 11 heteroatoms. The lowest BCUT2D eigenvalue weighted by molar-refractivity contribution is -0.177. The maximum Gasteiger partial charge on any atom is 0.276 e. The van der Waals surface area contributed by atoms with Crippen LogP contribution in [-0.4, -0.2) is 49.4 Å². The van der Waals surface area contributed by atoms with Gasteiger partial charge in [0.15, 0.2) is 11.5 Å². The van der Waals surface area contributed by atoms with Crippen LogP contribution in [0.5, 0.6) is 0 Å². The molecule has 0 spiro atoms. The Morgan fingerprint density at radius 1 is 1.14 bits per heavy atom. The van der Waals surface area contributed by atoms with Crippen molar-refractivity contribution in [2.24, 2.45) is 5.92 Å². The number of amides is 1. The first-order valence-corrected chi connectivity index (χ1v) is 11.2. The molecule has 2 aromatic heterocycles. The van der Waals surface area contributed by atoms with Crippen LogP contribution in [0.15, 0.2) is 42.9 Å². The van der Waals surface area contributed by atoms with E-state index in [4.69, 9.17) is 10.5 Å². The molecule has 5 N–H and O–H groups in total. The number of anilines is 2. The van der Waals surface area contributed by atoms with Gasteiger partial charge in [-0.05, 0) is 37.0 Å². The molecule has 1 saturated heterocycles. The third-order valence-corrected chi connectivity index (χ3v) is 6.26. The largest absolute Gasteiger partial charge is 0.396 e. The number of nitrogens with zero attached hydrogens (tertiary/aromatic N) is 3. The van der Waals surface area contributed by atoms with E-state index in [2.05, 4.69) is 20.3 Å². The van der Waals surface area contributed by atoms with Gasteiger partial charge in [-0.15, -0.1) is 0 Å². The van der Waals surface area contributed by atoms with Gasteiger partial charge in [0.1, 0.15) is 17.7 Å². The number of hydrogen-bond donors (Lipinski definition) is 4. The number of aliphatic hydroxyl groups excluding tert-OH is 2. The van der Waals surface area contributed by atoms with Gasteiger partial charge < -0.3 is 26.0 Å². The second-order valence-corrected chi connectivity index (χ2v) is 8.73. The SMILES string of the molecule is Nc1cnc(-c2c(F)cccc2F)nc1C(=O)Nc1cnccc1[C@@H]1C[C@H](O)[C@@H](O)[C@H](C2CC2)O1. The first-order valence-electron chi connectivity index (χ1n) is 11.2. The normalized spacial score (nSPS) is 24.2. The summed E-state index contributed by atoms with van der Waals surface area (Å²) in [6.07, 6.45) is 2.95. The summed E-state index contributed by atoms with van der Waals surface area (Å²) >= 11 is 0. The first kappa shape index (κ1) is 23.2. The molecule has 3 heterocycles. The first-order chi connectivity index (χ1) is 16.8. The third-order valence-electron chi connectivity index (χ3n) is 6.26. The highest BCUT2D eigenvalue weighted by molar-refractivity contribution is 6.06. The summed E-state index contributed by atoms with van der Waals surface area (Å²) in [6.45, 7) is 0. The predicted octanol–water partition coefficient (Wildman–Crippen LogP) is 2.61. The van der Waals surface area contributed by atoms with E-state index in [9.17, 15) is 23.8 Å². The van der Waals surface area contributed by atoms with Gasteiger partial charge >= 0.3 is 0 Å². The van der Waals surface area contributed by atoms with Crippen LogP contribution >= 0.6 is 0 Å². The highest BCUT2D eigenvalue weighted by Gasteiger charge is 2.45. The molecule has 1 aliphatic carbocycles. The number of nitrogens with one attached hydrogen (secondary N) is 1. The van der Waals surface area contributed by atoms with Crippen molar-refractivity contribution in [2.75, 3.05) is 11.1 Å². The van der Waals surface area contributed by atoms with Crippen LogP contribution in [0.3, 0.4) is 0 Å². The molecule has 3 aromatic rings. The van der Waals surface area contributed by atoms with E-state index in [-0.39, 0.29) is 35.2 Å². The number of aromatic nitrogens is 3. The second kappa shape index (κ2) is 9.25. The van der Waals surface area contributed by atoms with Gasteiger partial charge in [-0.1, -0.05) is 6.07 Å². The molecule has 2 aliphatic rings. The Hall–Kier alpha value is -3.54. The van der Waals surface area contributed by atoms with Crippen molar-refractivity contribution in [1.29, 1.82) is 0 Å². The molecule has 1 aromatic carbocycles. The zero-order chi connectivity index (χ0) is 24.7. The molecule has 35 heavy (non-hydrogen) atoms. The van der Waals surface area contributed by atoms with E-state index in [0.29, 0.717) is 5.56 Å². The van der Waals surface area contributed by atoms with Gasteiger partial charge in [0.05, 0.1) is 47.6 Å². The Morgan fingerprint density at radius 3 is 2.60 bits per heavy atom. The van der Waals surface area contributed by atoms with Crippen LogP contribution in [0, 0.1) is 17.6 Å². The summed E-state index contributed by atoms with van der Waals surface area (Å²) < 4.78 is 34.5. The van der Waals surface area contributed by atoms with Crippen molar-refractivity contribution in [1.82, 2.24) is 15.0 Å². The average molecular weight is 483 g/mol. The van der Waals surface area contributed by atoms with Crippen LogP contribution in [0.4, 0.5) is 20.2 Å². The minimum Gasteiger partial charge on any atom is -0.396 e. The number of nitrogen functional groups attached to an aromatic ring is 1. The number of rotatable bonds is 5. The maximum absolute atomic E-state index is 14.2. The number of ether oxygens (including phenoxy) is 1. The van der Waals surface area contributed by atoms with Crippen LogP contribution in [0.2, 0.25) is 0 Å². The molecule has 1 saturated carbocycles. The molecule has 4 atom stereocenters. The van der Waals surface area contributed by atoms with E-state index in [1.165, 1.54) is 18.5 Å². The lowest BCUT2D eigenvalue weighted by atomic mass is 9.91. The van der Waals surface area contributed by atoms with Gasteiger partial charge in [0, 0.05) is 18.2 Å². The molecular formula is C24H23F2N5O4. The summed E-state index contributed by atoms with van der Waals surface area (Å²) in [5.41, 5.74) is 5.90. The number of halogens is 2. The fourth-order valence-electron chi connectivity index (χ4n) is 4.30. The summed E-state index contributed by atoms with van der Waals surface area (Å²) in [4.78, 5) is 25.0. The number of aliphatic hydroxyl groups is 2. The minimum absolute atomic E-state index is 0.0882. The number of hydrogen-bond acceptors (Lipinski definition) is 8. The molecule has 5 rings (SSSR count). The minimum atomic E-state index is -0.980. The molecule has 0 unspecified atom stereocenters. The van der Waals surface area contributed by atoms with Crippen LogP contribution < -0.4 is 11.1 Å². The van der Waals surface area contributed by atoms with Gasteiger partial charge in [-0.3, -0.25) is 9.78 Å². The van der Waals surface area contributed by atoms with Crippen LogP contribution in [0.1, 0.15) is 41.4 Å². The molecule has 1 aliphatic heterocycles. The Morgan fingerprint density at radius 2 is 1.89 bits per heavy atom. The lowest BCUT2D eigenvalue weighted by Crippen LogP contribution is -2.46. The molecular weight excluding hydrogens is 460 g/mol. The second-order valence-electron chi connectivity index (χ2n) is 8.73. The standard InChI is InChI=1S/C24H23F2N5O4/c25-13-2-1-3-14(26)19(13)23-29-9-15(27)20(31-23)24(34)30-16-10-28-7-6-12(16)18-8-17(32)21(33)22(35-18)11-4-5-11/h1-3,6-7,9-11,17-18,21-22,32-33H,4-5,8,27H2,(H,30,34)/t17-,18-,21+,22-/m0/s1. The monoisotopic (exact) mass is 483 g/mol. The van der Waals surface area contributed by atoms with Gasteiger partial charge in [0.25, 0.3) is 5.91 Å². The Bertz CT molecular complexity index is 1250. The topological polar surface area (TPSA) is 143 Å². The molecule has 0 radical (unpaired) electrons. The molecule has 0 bridgehead atoms. The Balaban J connectivity index is 1.43. The fraction of sp³-hybridized carbons (Fsp3) is 0.333. The lowest BCUT2D eigenvalue weighted by Gasteiger charge is -2.38. The number of carbonyl (C=O) groups excluding carboxylic acids is 1. The van der Waals surface area contributed by atoms with E-state index in [1.807, 2.05) is 0 Å². The zero-order valence-corrected chi connectivity index (χ0v) is 18.4. The van der Waals surface area contributed by atoms with Crippen molar-refractivity contribution < 1.29 is 28.5 Å². The van der Waals surface area contributed by atoms with E-state index in [0.717, 1.165) is 31.2 Å². The summed E-state index contributed by atoms with van der Waals surface area (Å²) in [5, 5.41) is 23.4. The van der Waals surface area contributed by atoms with E-state index >= 15 is 0 Å². The van der Waals surface area contributed by atoms with E-state index in [1.54, 1.807) is 6.07 Å². The smallest absolute Gasteiger partial charge is 0.276 e.